The topological polar surface area (TPSA) is 149 Å². The van der Waals surface area contributed by atoms with Gasteiger partial charge in [-0.05, 0) is 0 Å². The molecule has 1 aliphatic rings. The molecule has 0 radical (unpaired) electrons. The SMILES string of the molecule is O=C(O)C1C(S)(C(=O)O)C(C(=O)O)C1(S)C(=O)O. The Kier molecular flexibility index (Phi) is 3.30. The summed E-state index contributed by atoms with van der Waals surface area (Å²) in [6, 6.07) is 0. The summed E-state index contributed by atoms with van der Waals surface area (Å²) in [5.74, 6) is -11.4. The average molecular weight is 296 g/mol. The molecule has 1 rings (SSSR count). The van der Waals surface area contributed by atoms with Crippen molar-refractivity contribution in [3.8, 4) is 0 Å². The first-order chi connectivity index (χ1) is 8.02. The van der Waals surface area contributed by atoms with Crippen LogP contribution in [-0.4, -0.2) is 53.8 Å². The number of hydrogen-bond donors (Lipinski definition) is 6. The highest BCUT2D eigenvalue weighted by Gasteiger charge is 2.81. The summed E-state index contributed by atoms with van der Waals surface area (Å²) in [6.45, 7) is 0. The number of thiol groups is 2. The molecule has 0 aromatic heterocycles. The van der Waals surface area contributed by atoms with Crippen molar-refractivity contribution in [3.05, 3.63) is 0 Å². The van der Waals surface area contributed by atoms with Crippen molar-refractivity contribution in [1.82, 2.24) is 0 Å². The zero-order chi connectivity index (χ0) is 14.5. The van der Waals surface area contributed by atoms with Gasteiger partial charge in [-0.3, -0.25) is 19.2 Å². The molecule has 0 aliphatic heterocycles. The Hall–Kier alpha value is -1.42. The number of hydrogen-bond acceptors (Lipinski definition) is 6. The standard InChI is InChI=1S/C8H8O8S2/c9-3(10)1-7(17,5(13)14)2(4(11)12)8(1,18)6(15)16/h1-2,17-18H,(H,9,10)(H,11,12)(H,13,14)(H,15,16). The summed E-state index contributed by atoms with van der Waals surface area (Å²) in [7, 11) is 0. The maximum atomic E-state index is 11.0. The van der Waals surface area contributed by atoms with E-state index in [0.717, 1.165) is 0 Å². The van der Waals surface area contributed by atoms with Crippen LogP contribution in [0.3, 0.4) is 0 Å². The molecule has 1 fully saturated rings. The molecule has 0 aromatic rings. The number of carboxylic acids is 4. The summed E-state index contributed by atoms with van der Waals surface area (Å²) >= 11 is 7.14. The number of aliphatic carboxylic acids is 4. The fourth-order valence-corrected chi connectivity index (χ4v) is 3.61. The van der Waals surface area contributed by atoms with Crippen molar-refractivity contribution in [2.24, 2.45) is 11.8 Å². The second-order valence-corrected chi connectivity index (χ2v) is 5.28. The lowest BCUT2D eigenvalue weighted by Gasteiger charge is -2.55. The predicted molar refractivity (Wildman–Crippen MR) is 61.0 cm³/mol. The molecule has 0 unspecified atom stereocenters. The summed E-state index contributed by atoms with van der Waals surface area (Å²) in [6.07, 6.45) is 0. The Morgan fingerprint density at radius 3 is 1.06 bits per heavy atom. The fraction of sp³-hybridized carbons (Fsp3) is 0.500. The zero-order valence-electron chi connectivity index (χ0n) is 8.47. The van der Waals surface area contributed by atoms with Gasteiger partial charge in [-0.25, -0.2) is 0 Å². The van der Waals surface area contributed by atoms with Gasteiger partial charge in [-0.15, -0.1) is 0 Å². The van der Waals surface area contributed by atoms with Crippen LogP contribution in [-0.2, 0) is 19.2 Å². The monoisotopic (exact) mass is 296 g/mol. The molecule has 1 aliphatic carbocycles. The van der Waals surface area contributed by atoms with Gasteiger partial charge in [0.25, 0.3) is 0 Å². The summed E-state index contributed by atoms with van der Waals surface area (Å²) < 4.78 is -5.06. The van der Waals surface area contributed by atoms with E-state index in [0.29, 0.717) is 0 Å². The Bertz CT molecular complexity index is 408. The van der Waals surface area contributed by atoms with Crippen LogP contribution in [0.4, 0.5) is 0 Å². The maximum Gasteiger partial charge on any atom is 0.321 e. The van der Waals surface area contributed by atoms with E-state index < -0.39 is 45.2 Å². The van der Waals surface area contributed by atoms with Gasteiger partial charge in [0.15, 0.2) is 0 Å². The van der Waals surface area contributed by atoms with Crippen LogP contribution >= 0.6 is 25.3 Å². The van der Waals surface area contributed by atoms with Crippen LogP contribution in [0.15, 0.2) is 0 Å². The molecular formula is C8H8O8S2. The first-order valence-corrected chi connectivity index (χ1v) is 5.28. The third-order valence-corrected chi connectivity index (χ3v) is 4.35. The molecule has 0 saturated heterocycles. The van der Waals surface area contributed by atoms with Crippen LogP contribution in [0, 0.1) is 11.8 Å². The normalized spacial score (nSPS) is 38.6. The average Bonchev–Trinajstić information content (AvgIpc) is 2.13. The van der Waals surface area contributed by atoms with Gasteiger partial charge < -0.3 is 20.4 Å². The van der Waals surface area contributed by atoms with Crippen LogP contribution < -0.4 is 0 Å². The molecule has 10 heteroatoms. The van der Waals surface area contributed by atoms with Crippen LogP contribution in [0.5, 0.6) is 0 Å². The molecule has 0 atom stereocenters. The highest BCUT2D eigenvalue weighted by molar-refractivity contribution is 7.85. The summed E-state index contributed by atoms with van der Waals surface area (Å²) in [5, 5.41) is 35.6. The largest absolute Gasteiger partial charge is 0.481 e. The second kappa shape index (κ2) is 4.05. The van der Waals surface area contributed by atoms with Crippen molar-refractivity contribution in [1.29, 1.82) is 0 Å². The van der Waals surface area contributed by atoms with E-state index in [-0.39, 0.29) is 0 Å². The Morgan fingerprint density at radius 1 is 0.722 bits per heavy atom. The lowest BCUT2D eigenvalue weighted by Crippen LogP contribution is -2.78. The minimum atomic E-state index is -2.53. The molecular weight excluding hydrogens is 288 g/mol. The van der Waals surface area contributed by atoms with E-state index in [4.69, 9.17) is 20.4 Å². The minimum absolute atomic E-state index is 1.79. The van der Waals surface area contributed by atoms with Gasteiger partial charge in [-0.2, -0.15) is 25.3 Å². The zero-order valence-corrected chi connectivity index (χ0v) is 10.3. The lowest BCUT2D eigenvalue weighted by atomic mass is 9.54. The van der Waals surface area contributed by atoms with E-state index in [1.165, 1.54) is 0 Å². The van der Waals surface area contributed by atoms with Gasteiger partial charge >= 0.3 is 23.9 Å². The molecule has 18 heavy (non-hydrogen) atoms. The van der Waals surface area contributed by atoms with Gasteiger partial charge in [0.1, 0.15) is 21.3 Å². The van der Waals surface area contributed by atoms with Crippen molar-refractivity contribution in [3.63, 3.8) is 0 Å². The quantitative estimate of drug-likeness (QED) is 0.358. The molecule has 0 heterocycles. The number of rotatable bonds is 4. The van der Waals surface area contributed by atoms with Crippen molar-refractivity contribution >= 4 is 49.1 Å². The summed E-state index contributed by atoms with van der Waals surface area (Å²) in [5.41, 5.74) is 0. The van der Waals surface area contributed by atoms with Crippen LogP contribution in [0.1, 0.15) is 0 Å². The maximum absolute atomic E-state index is 11.0. The van der Waals surface area contributed by atoms with Crippen molar-refractivity contribution < 1.29 is 39.6 Å². The van der Waals surface area contributed by atoms with E-state index in [1.54, 1.807) is 0 Å². The van der Waals surface area contributed by atoms with E-state index in [2.05, 4.69) is 25.3 Å². The highest BCUT2D eigenvalue weighted by Crippen LogP contribution is 2.60. The molecule has 1 saturated carbocycles. The van der Waals surface area contributed by atoms with Crippen molar-refractivity contribution in [2.75, 3.05) is 0 Å². The summed E-state index contributed by atoms with van der Waals surface area (Å²) in [4.78, 5) is 44.0. The fourth-order valence-electron chi connectivity index (χ4n) is 2.15. The first-order valence-electron chi connectivity index (χ1n) is 4.39. The molecule has 0 aromatic carbocycles. The molecule has 0 bridgehead atoms. The third kappa shape index (κ3) is 1.48. The van der Waals surface area contributed by atoms with Gasteiger partial charge in [0.2, 0.25) is 0 Å². The van der Waals surface area contributed by atoms with E-state index in [9.17, 15) is 19.2 Å². The Labute approximate surface area is 110 Å². The van der Waals surface area contributed by atoms with Crippen LogP contribution in [0.2, 0.25) is 0 Å². The van der Waals surface area contributed by atoms with Gasteiger partial charge in [0, 0.05) is 0 Å². The number of carboxylic acid groups (broad SMARTS) is 4. The highest BCUT2D eigenvalue weighted by atomic mass is 32.1. The number of carbonyl (C=O) groups is 4. The molecule has 0 spiro atoms. The third-order valence-electron chi connectivity index (χ3n) is 2.94. The smallest absolute Gasteiger partial charge is 0.321 e. The van der Waals surface area contributed by atoms with Crippen molar-refractivity contribution in [2.45, 2.75) is 9.49 Å². The molecule has 100 valence electrons. The Morgan fingerprint density at radius 2 is 0.944 bits per heavy atom. The molecule has 0 amide bonds. The minimum Gasteiger partial charge on any atom is -0.481 e. The van der Waals surface area contributed by atoms with E-state index in [1.807, 2.05) is 0 Å². The predicted octanol–water partition coefficient (Wildman–Crippen LogP) is -1.09. The molecule has 4 N–H and O–H groups in total. The second-order valence-electron chi connectivity index (χ2n) is 3.80. The van der Waals surface area contributed by atoms with E-state index >= 15 is 0 Å². The Balaban J connectivity index is 3.47. The first kappa shape index (κ1) is 14.6. The van der Waals surface area contributed by atoms with Gasteiger partial charge in [0.05, 0.1) is 0 Å². The molecule has 8 nitrogen and oxygen atoms in total. The van der Waals surface area contributed by atoms with Gasteiger partial charge in [-0.1, -0.05) is 0 Å². The van der Waals surface area contributed by atoms with Crippen LogP contribution in [0.25, 0.3) is 0 Å². The lowest BCUT2D eigenvalue weighted by molar-refractivity contribution is -0.181.